The molecule has 0 radical (unpaired) electrons. The van der Waals surface area contributed by atoms with Crippen LogP contribution >= 0.6 is 0 Å². The molecule has 2 aromatic rings. The highest BCUT2D eigenvalue weighted by molar-refractivity contribution is 7.89. The van der Waals surface area contributed by atoms with Gasteiger partial charge in [0.25, 0.3) is 0 Å². The van der Waals surface area contributed by atoms with Gasteiger partial charge in [-0.25, -0.2) is 13.1 Å². The summed E-state index contributed by atoms with van der Waals surface area (Å²) in [6, 6.07) is 16.5. The Hall–Kier alpha value is -2.18. The molecular formula is C21H26N2O3S. The van der Waals surface area contributed by atoms with Crippen LogP contribution in [0.4, 0.5) is 5.69 Å². The van der Waals surface area contributed by atoms with Gasteiger partial charge in [0, 0.05) is 12.2 Å². The zero-order chi connectivity index (χ0) is 19.4. The predicted octanol–water partition coefficient (Wildman–Crippen LogP) is 2.76. The molecule has 1 aliphatic rings. The van der Waals surface area contributed by atoms with Gasteiger partial charge < -0.3 is 4.90 Å². The van der Waals surface area contributed by atoms with E-state index in [0.29, 0.717) is 13.0 Å². The smallest absolute Gasteiger partial charge is 0.245 e. The lowest BCUT2D eigenvalue weighted by Crippen LogP contribution is -2.51. The number of nitrogens with zero attached hydrogens (tertiary/aromatic N) is 1. The highest BCUT2D eigenvalue weighted by Gasteiger charge is 2.34. The summed E-state index contributed by atoms with van der Waals surface area (Å²) < 4.78 is 27.9. The molecule has 1 heterocycles. The van der Waals surface area contributed by atoms with Gasteiger partial charge in [-0.05, 0) is 36.0 Å². The fourth-order valence-corrected chi connectivity index (χ4v) is 4.74. The number of carbonyl (C=O) groups excluding carboxylic acids is 1. The van der Waals surface area contributed by atoms with Crippen molar-refractivity contribution in [3.63, 3.8) is 0 Å². The third-order valence-corrected chi connectivity index (χ3v) is 6.25. The van der Waals surface area contributed by atoms with Crippen LogP contribution in [-0.4, -0.2) is 32.7 Å². The number of fused-ring (bicyclic) bond motifs is 1. The molecule has 0 bridgehead atoms. The second-order valence-electron chi connectivity index (χ2n) is 7.26. The topological polar surface area (TPSA) is 66.5 Å². The minimum atomic E-state index is -3.57. The van der Waals surface area contributed by atoms with Crippen LogP contribution in [0.25, 0.3) is 0 Å². The highest BCUT2D eigenvalue weighted by atomic mass is 32.2. The molecule has 6 heteroatoms. The predicted molar refractivity (Wildman–Crippen MR) is 108 cm³/mol. The Morgan fingerprint density at radius 3 is 2.44 bits per heavy atom. The molecule has 0 saturated carbocycles. The number of carbonyl (C=O) groups is 1. The lowest BCUT2D eigenvalue weighted by Gasteiger charge is -2.27. The van der Waals surface area contributed by atoms with E-state index in [0.717, 1.165) is 23.2 Å². The van der Waals surface area contributed by atoms with Crippen molar-refractivity contribution < 1.29 is 13.2 Å². The van der Waals surface area contributed by atoms with Crippen LogP contribution in [0.2, 0.25) is 0 Å². The monoisotopic (exact) mass is 386 g/mol. The Bertz CT molecular complexity index is 895. The van der Waals surface area contributed by atoms with Crippen molar-refractivity contribution in [1.29, 1.82) is 0 Å². The number of aryl methyl sites for hydroxylation is 1. The Kier molecular flexibility index (Phi) is 5.97. The van der Waals surface area contributed by atoms with Crippen LogP contribution < -0.4 is 9.62 Å². The minimum absolute atomic E-state index is 0.0376. The van der Waals surface area contributed by atoms with Gasteiger partial charge in [-0.1, -0.05) is 62.4 Å². The van der Waals surface area contributed by atoms with Gasteiger partial charge >= 0.3 is 0 Å². The first kappa shape index (κ1) is 19.6. The molecular weight excluding hydrogens is 360 g/mol. The molecule has 2 aromatic carbocycles. The van der Waals surface area contributed by atoms with E-state index in [4.69, 9.17) is 0 Å². The third kappa shape index (κ3) is 4.76. The summed E-state index contributed by atoms with van der Waals surface area (Å²) in [6.07, 6.45) is 1.22. The standard InChI is InChI=1S/C21H26N2O3S/c1-16(2)20(21(24)23-14-12-18-10-6-7-11-19(18)23)22-27(25,26)15-13-17-8-4-3-5-9-17/h3-11,16,20,22H,12-15H2,1-2H3/t20-/m1/s1. The van der Waals surface area contributed by atoms with Gasteiger partial charge in [0.15, 0.2) is 0 Å². The van der Waals surface area contributed by atoms with E-state index < -0.39 is 16.1 Å². The molecule has 144 valence electrons. The molecule has 1 N–H and O–H groups in total. The van der Waals surface area contributed by atoms with Crippen LogP contribution in [0, 0.1) is 5.92 Å². The van der Waals surface area contributed by atoms with Crippen LogP contribution in [-0.2, 0) is 27.7 Å². The van der Waals surface area contributed by atoms with Gasteiger partial charge in [0.2, 0.25) is 15.9 Å². The van der Waals surface area contributed by atoms with Gasteiger partial charge in [0.05, 0.1) is 5.75 Å². The van der Waals surface area contributed by atoms with Crippen molar-refractivity contribution in [3.05, 3.63) is 65.7 Å². The Morgan fingerprint density at radius 2 is 1.74 bits per heavy atom. The van der Waals surface area contributed by atoms with Crippen LogP contribution in [0.5, 0.6) is 0 Å². The second-order valence-corrected chi connectivity index (χ2v) is 9.14. The van der Waals surface area contributed by atoms with Crippen molar-refractivity contribution in [3.8, 4) is 0 Å². The zero-order valence-electron chi connectivity index (χ0n) is 15.8. The fourth-order valence-electron chi connectivity index (χ4n) is 3.36. The summed E-state index contributed by atoms with van der Waals surface area (Å²) in [7, 11) is -3.57. The number of benzene rings is 2. The highest BCUT2D eigenvalue weighted by Crippen LogP contribution is 2.28. The first-order valence-corrected chi connectivity index (χ1v) is 11.0. The van der Waals surface area contributed by atoms with Crippen LogP contribution in [0.15, 0.2) is 54.6 Å². The quantitative estimate of drug-likeness (QED) is 0.796. The number of rotatable bonds is 7. The van der Waals surface area contributed by atoms with Crippen molar-refractivity contribution in [2.75, 3.05) is 17.2 Å². The van der Waals surface area contributed by atoms with E-state index in [9.17, 15) is 13.2 Å². The summed E-state index contributed by atoms with van der Waals surface area (Å²) in [5.41, 5.74) is 2.97. The molecule has 0 unspecified atom stereocenters. The third-order valence-electron chi connectivity index (χ3n) is 4.89. The van der Waals surface area contributed by atoms with Crippen molar-refractivity contribution in [1.82, 2.24) is 4.72 Å². The average Bonchev–Trinajstić information content (AvgIpc) is 3.09. The molecule has 3 rings (SSSR count). The number of amides is 1. The van der Waals surface area contributed by atoms with Gasteiger partial charge in [-0.2, -0.15) is 0 Å². The number of hydrogen-bond acceptors (Lipinski definition) is 3. The molecule has 1 aliphatic heterocycles. The fraction of sp³-hybridized carbons (Fsp3) is 0.381. The van der Waals surface area contributed by atoms with Crippen molar-refractivity contribution >= 4 is 21.6 Å². The SMILES string of the molecule is CC(C)[C@@H](NS(=O)(=O)CCc1ccccc1)C(=O)N1CCc2ccccc21. The number of anilines is 1. The largest absolute Gasteiger partial charge is 0.310 e. The van der Waals surface area contributed by atoms with E-state index in [1.54, 1.807) is 4.90 Å². The number of para-hydroxylation sites is 1. The average molecular weight is 387 g/mol. The number of nitrogens with one attached hydrogen (secondary N) is 1. The first-order chi connectivity index (χ1) is 12.9. The van der Waals surface area contributed by atoms with E-state index in [1.807, 2.05) is 68.4 Å². The Labute approximate surface area is 161 Å². The summed E-state index contributed by atoms with van der Waals surface area (Å²) in [4.78, 5) is 14.8. The molecule has 0 aromatic heterocycles. The van der Waals surface area contributed by atoms with Crippen LogP contribution in [0.1, 0.15) is 25.0 Å². The molecule has 5 nitrogen and oxygen atoms in total. The Morgan fingerprint density at radius 1 is 1.07 bits per heavy atom. The summed E-state index contributed by atoms with van der Waals surface area (Å²) in [6.45, 7) is 4.32. The van der Waals surface area contributed by atoms with Crippen LogP contribution in [0.3, 0.4) is 0 Å². The van der Waals surface area contributed by atoms with E-state index in [1.165, 1.54) is 0 Å². The molecule has 1 atom stereocenters. The molecule has 1 amide bonds. The maximum absolute atomic E-state index is 13.1. The molecule has 0 saturated heterocycles. The number of sulfonamides is 1. The Balaban J connectivity index is 1.71. The molecule has 0 fully saturated rings. The van der Waals surface area contributed by atoms with Gasteiger partial charge in [-0.15, -0.1) is 0 Å². The van der Waals surface area contributed by atoms with Crippen molar-refractivity contribution in [2.45, 2.75) is 32.7 Å². The zero-order valence-corrected chi connectivity index (χ0v) is 16.6. The lowest BCUT2D eigenvalue weighted by molar-refractivity contribution is -0.121. The summed E-state index contributed by atoms with van der Waals surface area (Å²) in [5.74, 6) is -0.362. The first-order valence-electron chi connectivity index (χ1n) is 9.30. The number of hydrogen-bond donors (Lipinski definition) is 1. The molecule has 0 spiro atoms. The van der Waals surface area contributed by atoms with Gasteiger partial charge in [-0.3, -0.25) is 4.79 Å². The summed E-state index contributed by atoms with van der Waals surface area (Å²) in [5, 5.41) is 0. The maximum Gasteiger partial charge on any atom is 0.245 e. The maximum atomic E-state index is 13.1. The van der Waals surface area contributed by atoms with Crippen molar-refractivity contribution in [2.24, 2.45) is 5.92 Å². The second kappa shape index (κ2) is 8.23. The van der Waals surface area contributed by atoms with E-state index in [-0.39, 0.29) is 17.6 Å². The molecule has 27 heavy (non-hydrogen) atoms. The normalized spacial score (nSPS) is 15.0. The van der Waals surface area contributed by atoms with E-state index >= 15 is 0 Å². The van der Waals surface area contributed by atoms with E-state index in [2.05, 4.69) is 4.72 Å². The summed E-state index contributed by atoms with van der Waals surface area (Å²) >= 11 is 0. The minimum Gasteiger partial charge on any atom is -0.310 e. The lowest BCUT2D eigenvalue weighted by atomic mass is 10.0. The van der Waals surface area contributed by atoms with Gasteiger partial charge in [0.1, 0.15) is 6.04 Å². The molecule has 0 aliphatic carbocycles.